The number of anilines is 1. The van der Waals surface area contributed by atoms with E-state index in [1.165, 1.54) is 19.1 Å². The van der Waals surface area contributed by atoms with Crippen LogP contribution in [0, 0.1) is 0 Å². The van der Waals surface area contributed by atoms with E-state index < -0.39 is 0 Å². The Kier molecular flexibility index (Phi) is 3.19. The van der Waals surface area contributed by atoms with Gasteiger partial charge in [0.15, 0.2) is 0 Å². The molecule has 18 heavy (non-hydrogen) atoms. The van der Waals surface area contributed by atoms with Crippen molar-refractivity contribution < 1.29 is 15.0 Å². The Bertz CT molecular complexity index is 579. The summed E-state index contributed by atoms with van der Waals surface area (Å²) in [5.41, 5.74) is 1.50. The van der Waals surface area contributed by atoms with E-state index in [9.17, 15) is 15.0 Å². The third-order valence-corrected chi connectivity index (χ3v) is 2.51. The molecule has 0 aromatic heterocycles. The van der Waals surface area contributed by atoms with Crippen LogP contribution in [0.1, 0.15) is 6.92 Å². The first-order chi connectivity index (χ1) is 8.58. The van der Waals surface area contributed by atoms with Crippen LogP contribution in [-0.2, 0) is 4.79 Å². The summed E-state index contributed by atoms with van der Waals surface area (Å²) >= 11 is 0. The van der Waals surface area contributed by atoms with Crippen LogP contribution in [0.5, 0.6) is 11.5 Å². The Morgan fingerprint density at radius 2 is 1.72 bits per heavy atom. The zero-order valence-corrected chi connectivity index (χ0v) is 9.84. The van der Waals surface area contributed by atoms with Gasteiger partial charge in [-0.05, 0) is 11.6 Å². The standard InChI is InChI=1S/C14H13NO3/c1-9(16)15-12-8-13(17)11(7-14(12)18)10-5-3-2-4-6-10/h2-8,17-18H,1H3,(H,15,16). The van der Waals surface area contributed by atoms with Crippen molar-refractivity contribution in [2.75, 3.05) is 5.32 Å². The molecule has 2 rings (SSSR count). The molecule has 0 spiro atoms. The highest BCUT2D eigenvalue weighted by Crippen LogP contribution is 2.37. The SMILES string of the molecule is CC(=O)Nc1cc(O)c(-c2ccccc2)cc1O. The number of aromatic hydroxyl groups is 2. The lowest BCUT2D eigenvalue weighted by Gasteiger charge is -2.10. The minimum Gasteiger partial charge on any atom is -0.507 e. The fourth-order valence-electron chi connectivity index (χ4n) is 1.72. The third kappa shape index (κ3) is 2.43. The molecule has 0 fully saturated rings. The molecule has 2 aromatic rings. The first kappa shape index (κ1) is 12.0. The van der Waals surface area contributed by atoms with Gasteiger partial charge in [0.1, 0.15) is 11.5 Å². The van der Waals surface area contributed by atoms with E-state index in [0.29, 0.717) is 5.56 Å². The van der Waals surface area contributed by atoms with Crippen LogP contribution >= 0.6 is 0 Å². The van der Waals surface area contributed by atoms with Crippen LogP contribution in [0.25, 0.3) is 11.1 Å². The average molecular weight is 243 g/mol. The maximum absolute atomic E-state index is 10.9. The Labute approximate surface area is 105 Å². The molecule has 2 aromatic carbocycles. The van der Waals surface area contributed by atoms with Crippen LogP contribution in [0.15, 0.2) is 42.5 Å². The monoisotopic (exact) mass is 243 g/mol. The number of nitrogens with one attached hydrogen (secondary N) is 1. The van der Waals surface area contributed by atoms with Crippen molar-refractivity contribution in [1.82, 2.24) is 0 Å². The summed E-state index contributed by atoms with van der Waals surface area (Å²) in [7, 11) is 0. The smallest absolute Gasteiger partial charge is 0.221 e. The Morgan fingerprint density at radius 1 is 1.06 bits per heavy atom. The van der Waals surface area contributed by atoms with E-state index in [4.69, 9.17) is 0 Å². The predicted octanol–water partition coefficient (Wildman–Crippen LogP) is 2.72. The van der Waals surface area contributed by atoms with E-state index >= 15 is 0 Å². The molecule has 0 aliphatic carbocycles. The molecule has 0 aliphatic rings. The molecule has 3 N–H and O–H groups in total. The van der Waals surface area contributed by atoms with Gasteiger partial charge < -0.3 is 15.5 Å². The van der Waals surface area contributed by atoms with Gasteiger partial charge in [0.05, 0.1) is 5.69 Å². The summed E-state index contributed by atoms with van der Waals surface area (Å²) in [5, 5.41) is 22.2. The zero-order valence-electron chi connectivity index (χ0n) is 9.84. The maximum atomic E-state index is 10.9. The lowest BCUT2D eigenvalue weighted by Crippen LogP contribution is -2.05. The van der Waals surface area contributed by atoms with Crippen molar-refractivity contribution in [3.05, 3.63) is 42.5 Å². The first-order valence-corrected chi connectivity index (χ1v) is 5.47. The summed E-state index contributed by atoms with van der Waals surface area (Å²) < 4.78 is 0. The highest BCUT2D eigenvalue weighted by molar-refractivity contribution is 5.92. The van der Waals surface area contributed by atoms with E-state index in [-0.39, 0.29) is 23.1 Å². The molecular formula is C14H13NO3. The van der Waals surface area contributed by atoms with Crippen molar-refractivity contribution in [2.24, 2.45) is 0 Å². The lowest BCUT2D eigenvalue weighted by molar-refractivity contribution is -0.114. The summed E-state index contributed by atoms with van der Waals surface area (Å²) in [4.78, 5) is 10.9. The Morgan fingerprint density at radius 3 is 2.33 bits per heavy atom. The highest BCUT2D eigenvalue weighted by atomic mass is 16.3. The topological polar surface area (TPSA) is 69.6 Å². The third-order valence-electron chi connectivity index (χ3n) is 2.51. The minimum atomic E-state index is -0.308. The predicted molar refractivity (Wildman–Crippen MR) is 69.5 cm³/mol. The molecule has 0 radical (unpaired) electrons. The van der Waals surface area contributed by atoms with Crippen LogP contribution in [0.2, 0.25) is 0 Å². The van der Waals surface area contributed by atoms with Gasteiger partial charge in [-0.25, -0.2) is 0 Å². The number of amides is 1. The van der Waals surface area contributed by atoms with Gasteiger partial charge in [0.2, 0.25) is 5.91 Å². The molecule has 0 saturated carbocycles. The summed E-state index contributed by atoms with van der Waals surface area (Å²) in [5.74, 6) is -0.387. The molecule has 0 bridgehead atoms. The summed E-state index contributed by atoms with van der Waals surface area (Å²) in [6.45, 7) is 1.33. The van der Waals surface area contributed by atoms with Crippen LogP contribution in [0.3, 0.4) is 0 Å². The molecule has 92 valence electrons. The highest BCUT2D eigenvalue weighted by Gasteiger charge is 2.10. The van der Waals surface area contributed by atoms with Crippen molar-refractivity contribution >= 4 is 11.6 Å². The fraction of sp³-hybridized carbons (Fsp3) is 0.0714. The largest absolute Gasteiger partial charge is 0.507 e. The molecule has 0 heterocycles. The molecule has 0 atom stereocenters. The van der Waals surface area contributed by atoms with E-state index in [0.717, 1.165) is 5.56 Å². The number of benzene rings is 2. The van der Waals surface area contributed by atoms with Gasteiger partial charge >= 0.3 is 0 Å². The molecule has 4 heteroatoms. The van der Waals surface area contributed by atoms with E-state index in [2.05, 4.69) is 5.32 Å². The first-order valence-electron chi connectivity index (χ1n) is 5.47. The lowest BCUT2D eigenvalue weighted by atomic mass is 10.0. The molecular weight excluding hydrogens is 230 g/mol. The minimum absolute atomic E-state index is 0.00255. The van der Waals surface area contributed by atoms with Crippen molar-refractivity contribution in [2.45, 2.75) is 6.92 Å². The van der Waals surface area contributed by atoms with Gasteiger partial charge in [-0.3, -0.25) is 4.79 Å². The van der Waals surface area contributed by atoms with Crippen molar-refractivity contribution in [3.63, 3.8) is 0 Å². The molecule has 1 amide bonds. The van der Waals surface area contributed by atoms with Gasteiger partial charge in [-0.1, -0.05) is 30.3 Å². The molecule has 0 saturated heterocycles. The summed E-state index contributed by atoms with van der Waals surface area (Å²) in [6, 6.07) is 12.0. The molecule has 0 unspecified atom stereocenters. The van der Waals surface area contributed by atoms with Gasteiger partial charge in [0, 0.05) is 18.6 Å². The Hall–Kier alpha value is -2.49. The number of phenolic OH excluding ortho intramolecular Hbond substituents is 2. The van der Waals surface area contributed by atoms with Crippen LogP contribution in [0.4, 0.5) is 5.69 Å². The van der Waals surface area contributed by atoms with Crippen molar-refractivity contribution in [3.8, 4) is 22.6 Å². The van der Waals surface area contributed by atoms with Crippen LogP contribution < -0.4 is 5.32 Å². The second-order valence-electron chi connectivity index (χ2n) is 3.93. The second-order valence-corrected chi connectivity index (χ2v) is 3.93. The average Bonchev–Trinajstić information content (AvgIpc) is 2.34. The zero-order chi connectivity index (χ0) is 13.1. The molecule has 0 aliphatic heterocycles. The van der Waals surface area contributed by atoms with Crippen LogP contribution in [-0.4, -0.2) is 16.1 Å². The number of hydrogen-bond acceptors (Lipinski definition) is 3. The second kappa shape index (κ2) is 4.79. The van der Waals surface area contributed by atoms with Gasteiger partial charge in [0.25, 0.3) is 0 Å². The number of carbonyl (C=O) groups is 1. The quantitative estimate of drug-likeness (QED) is 0.561. The van der Waals surface area contributed by atoms with Crippen molar-refractivity contribution in [1.29, 1.82) is 0 Å². The maximum Gasteiger partial charge on any atom is 0.221 e. The van der Waals surface area contributed by atoms with E-state index in [1.807, 2.05) is 30.3 Å². The molecule has 4 nitrogen and oxygen atoms in total. The number of phenols is 2. The Balaban J connectivity index is 2.46. The summed E-state index contributed by atoms with van der Waals surface area (Å²) in [6.07, 6.45) is 0. The van der Waals surface area contributed by atoms with E-state index in [1.54, 1.807) is 0 Å². The normalized spacial score (nSPS) is 10.1. The number of carbonyl (C=O) groups excluding carboxylic acids is 1. The van der Waals surface area contributed by atoms with Gasteiger partial charge in [-0.2, -0.15) is 0 Å². The number of hydrogen-bond donors (Lipinski definition) is 3. The fourth-order valence-corrected chi connectivity index (χ4v) is 1.72. The van der Waals surface area contributed by atoms with Gasteiger partial charge in [-0.15, -0.1) is 0 Å². The number of rotatable bonds is 2.